The molecule has 3 rings (SSSR count). The number of morpholine rings is 1. The van der Waals surface area contributed by atoms with Gasteiger partial charge in [0.05, 0.1) is 12.7 Å². The van der Waals surface area contributed by atoms with E-state index in [1.807, 2.05) is 14.0 Å². The van der Waals surface area contributed by atoms with Crippen LogP contribution in [0.2, 0.25) is 0 Å². The summed E-state index contributed by atoms with van der Waals surface area (Å²) in [4.78, 5) is 6.85. The first-order valence-electron chi connectivity index (χ1n) is 7.40. The Labute approximate surface area is 121 Å². The van der Waals surface area contributed by atoms with Gasteiger partial charge in [-0.3, -0.25) is 9.88 Å². The number of rotatable bonds is 3. The van der Waals surface area contributed by atoms with Gasteiger partial charge in [0, 0.05) is 31.7 Å². The SMILES string of the molecule is Bc1ccc(CN2CCO[C@@H](C3C=CC=CC3)C2)cn1. The fourth-order valence-corrected chi connectivity index (χ4v) is 2.86. The molecular weight excluding hydrogens is 247 g/mol. The Bertz CT molecular complexity index is 498. The Morgan fingerprint density at radius 3 is 3.05 bits per heavy atom. The second-order valence-corrected chi connectivity index (χ2v) is 5.66. The number of aromatic nitrogens is 1. The molecule has 1 saturated heterocycles. The van der Waals surface area contributed by atoms with E-state index in [4.69, 9.17) is 4.74 Å². The zero-order valence-electron chi connectivity index (χ0n) is 12.0. The van der Waals surface area contributed by atoms with Crippen molar-refractivity contribution in [3.63, 3.8) is 0 Å². The van der Waals surface area contributed by atoms with Crippen LogP contribution in [0.1, 0.15) is 12.0 Å². The molecule has 1 unspecified atom stereocenters. The summed E-state index contributed by atoms with van der Waals surface area (Å²) in [6, 6.07) is 4.26. The van der Waals surface area contributed by atoms with E-state index >= 15 is 0 Å². The second kappa shape index (κ2) is 6.38. The summed E-state index contributed by atoms with van der Waals surface area (Å²) in [5.74, 6) is 0.527. The van der Waals surface area contributed by atoms with Crippen molar-refractivity contribution in [1.82, 2.24) is 9.88 Å². The average Bonchev–Trinajstić information content (AvgIpc) is 2.51. The number of hydrogen-bond donors (Lipinski definition) is 0. The standard InChI is InChI=1S/C16H21BN2O/c17-16-7-6-13(10-18-16)11-19-8-9-20-15(12-19)14-4-2-1-3-5-14/h1-4,6-7,10,14-15H,5,8-9,11-12,17H2/t14?,15-/m1/s1. The van der Waals surface area contributed by atoms with Crippen LogP contribution in [0.25, 0.3) is 0 Å². The van der Waals surface area contributed by atoms with E-state index in [0.29, 0.717) is 12.0 Å². The van der Waals surface area contributed by atoms with Gasteiger partial charge >= 0.3 is 0 Å². The molecule has 104 valence electrons. The highest BCUT2D eigenvalue weighted by Gasteiger charge is 2.26. The van der Waals surface area contributed by atoms with Crippen molar-refractivity contribution in [3.8, 4) is 0 Å². The summed E-state index contributed by atoms with van der Waals surface area (Å²) in [6.07, 6.45) is 12.2. The summed E-state index contributed by atoms with van der Waals surface area (Å²) in [5.41, 5.74) is 2.36. The minimum Gasteiger partial charge on any atom is -0.375 e. The third-order valence-corrected chi connectivity index (χ3v) is 4.05. The molecular formula is C16H21BN2O. The molecule has 1 aliphatic carbocycles. The van der Waals surface area contributed by atoms with Gasteiger partial charge < -0.3 is 4.74 Å². The highest BCUT2D eigenvalue weighted by molar-refractivity contribution is 6.30. The minimum absolute atomic E-state index is 0.323. The quantitative estimate of drug-likeness (QED) is 0.754. The molecule has 0 N–H and O–H groups in total. The van der Waals surface area contributed by atoms with Crippen LogP contribution in [0.15, 0.2) is 42.6 Å². The zero-order valence-corrected chi connectivity index (χ0v) is 12.0. The van der Waals surface area contributed by atoms with Gasteiger partial charge in [0.2, 0.25) is 0 Å². The van der Waals surface area contributed by atoms with Crippen LogP contribution in [-0.2, 0) is 11.3 Å². The summed E-state index contributed by atoms with van der Waals surface area (Å²) in [5, 5.41) is 0. The van der Waals surface area contributed by atoms with Gasteiger partial charge in [0.1, 0.15) is 0 Å². The van der Waals surface area contributed by atoms with Crippen LogP contribution < -0.4 is 5.59 Å². The van der Waals surface area contributed by atoms with Crippen molar-refractivity contribution in [2.45, 2.75) is 19.1 Å². The van der Waals surface area contributed by atoms with E-state index in [9.17, 15) is 0 Å². The monoisotopic (exact) mass is 268 g/mol. The fourth-order valence-electron chi connectivity index (χ4n) is 2.86. The first-order chi connectivity index (χ1) is 9.81. The van der Waals surface area contributed by atoms with Gasteiger partial charge in [-0.2, -0.15) is 0 Å². The molecule has 0 bridgehead atoms. The number of hydrogen-bond acceptors (Lipinski definition) is 3. The predicted molar refractivity (Wildman–Crippen MR) is 83.8 cm³/mol. The molecule has 1 fully saturated rings. The van der Waals surface area contributed by atoms with Crippen molar-refractivity contribution in [2.75, 3.05) is 19.7 Å². The Balaban J connectivity index is 1.59. The predicted octanol–water partition coefficient (Wildman–Crippen LogP) is 0.673. The van der Waals surface area contributed by atoms with Crippen LogP contribution in [0.3, 0.4) is 0 Å². The van der Waals surface area contributed by atoms with E-state index in [0.717, 1.165) is 38.3 Å². The van der Waals surface area contributed by atoms with Gasteiger partial charge in [-0.1, -0.05) is 36.4 Å². The summed E-state index contributed by atoms with van der Waals surface area (Å²) in [6.45, 7) is 3.82. The third-order valence-electron chi connectivity index (χ3n) is 4.05. The molecule has 20 heavy (non-hydrogen) atoms. The fraction of sp³-hybridized carbons (Fsp3) is 0.438. The van der Waals surface area contributed by atoms with E-state index in [2.05, 4.69) is 46.3 Å². The summed E-state index contributed by atoms with van der Waals surface area (Å²) in [7, 11) is 2.03. The van der Waals surface area contributed by atoms with Crippen LogP contribution in [0.4, 0.5) is 0 Å². The Kier molecular flexibility index (Phi) is 4.33. The van der Waals surface area contributed by atoms with Crippen molar-refractivity contribution in [2.24, 2.45) is 5.92 Å². The molecule has 0 amide bonds. The van der Waals surface area contributed by atoms with Crippen molar-refractivity contribution in [3.05, 3.63) is 48.2 Å². The molecule has 2 heterocycles. The summed E-state index contributed by atoms with van der Waals surface area (Å²) < 4.78 is 5.96. The number of ether oxygens (including phenoxy) is 1. The van der Waals surface area contributed by atoms with Gasteiger partial charge in [-0.05, 0) is 17.6 Å². The highest BCUT2D eigenvalue weighted by atomic mass is 16.5. The molecule has 0 saturated carbocycles. The maximum atomic E-state index is 5.96. The van der Waals surface area contributed by atoms with E-state index in [-0.39, 0.29) is 0 Å². The van der Waals surface area contributed by atoms with Gasteiger partial charge in [-0.15, -0.1) is 0 Å². The first-order valence-corrected chi connectivity index (χ1v) is 7.40. The topological polar surface area (TPSA) is 25.4 Å². The molecule has 1 aromatic rings. The molecule has 0 aromatic carbocycles. The van der Waals surface area contributed by atoms with E-state index in [1.54, 1.807) is 0 Å². The summed E-state index contributed by atoms with van der Waals surface area (Å²) >= 11 is 0. The smallest absolute Gasteiger partial charge is 0.163 e. The first kappa shape index (κ1) is 13.6. The van der Waals surface area contributed by atoms with Gasteiger partial charge in [0.25, 0.3) is 0 Å². The van der Waals surface area contributed by atoms with Crippen LogP contribution >= 0.6 is 0 Å². The zero-order chi connectivity index (χ0) is 13.8. The second-order valence-electron chi connectivity index (χ2n) is 5.66. The number of pyridine rings is 1. The lowest BCUT2D eigenvalue weighted by Gasteiger charge is -2.36. The normalized spacial score (nSPS) is 26.8. The minimum atomic E-state index is 0.323. The molecule has 2 atom stereocenters. The van der Waals surface area contributed by atoms with Crippen LogP contribution in [-0.4, -0.2) is 43.5 Å². The highest BCUT2D eigenvalue weighted by Crippen LogP contribution is 2.22. The molecule has 0 radical (unpaired) electrons. The van der Waals surface area contributed by atoms with E-state index < -0.39 is 0 Å². The maximum absolute atomic E-state index is 5.96. The lowest BCUT2D eigenvalue weighted by atomic mass is 9.93. The average molecular weight is 268 g/mol. The van der Waals surface area contributed by atoms with Crippen molar-refractivity contribution in [1.29, 1.82) is 0 Å². The van der Waals surface area contributed by atoms with Gasteiger partial charge in [-0.25, -0.2) is 0 Å². The Hall–Kier alpha value is -1.39. The Morgan fingerprint density at radius 1 is 1.35 bits per heavy atom. The molecule has 1 aromatic heterocycles. The van der Waals surface area contributed by atoms with Crippen molar-refractivity contribution >= 4 is 13.4 Å². The number of nitrogens with zero attached hydrogens (tertiary/aromatic N) is 2. The molecule has 4 heteroatoms. The van der Waals surface area contributed by atoms with Crippen LogP contribution in [0.5, 0.6) is 0 Å². The molecule has 1 aliphatic heterocycles. The van der Waals surface area contributed by atoms with Gasteiger partial charge in [0.15, 0.2) is 7.85 Å². The Morgan fingerprint density at radius 2 is 2.30 bits per heavy atom. The molecule has 0 spiro atoms. The maximum Gasteiger partial charge on any atom is 0.163 e. The molecule has 2 aliphatic rings. The van der Waals surface area contributed by atoms with Crippen molar-refractivity contribution < 1.29 is 4.74 Å². The van der Waals surface area contributed by atoms with E-state index in [1.165, 1.54) is 5.56 Å². The van der Waals surface area contributed by atoms with Crippen LogP contribution in [0, 0.1) is 5.92 Å². The lowest BCUT2D eigenvalue weighted by molar-refractivity contribution is -0.0504. The lowest BCUT2D eigenvalue weighted by Crippen LogP contribution is -2.45. The number of allylic oxidation sites excluding steroid dienone is 3. The third kappa shape index (κ3) is 3.38. The molecule has 3 nitrogen and oxygen atoms in total. The largest absolute Gasteiger partial charge is 0.375 e.